The number of thiophene rings is 1. The van der Waals surface area contributed by atoms with Crippen LogP contribution >= 0.6 is 11.3 Å². The Hall–Kier alpha value is -2.10. The Morgan fingerprint density at radius 1 is 1.45 bits per heavy atom. The average molecular weight is 418 g/mol. The van der Waals surface area contributed by atoms with Crippen molar-refractivity contribution >= 4 is 23.2 Å². The Balaban J connectivity index is 1.89. The number of hydrogen-bond acceptors (Lipinski definition) is 4. The third-order valence-corrected chi connectivity index (χ3v) is 6.28. The van der Waals surface area contributed by atoms with E-state index < -0.39 is 5.97 Å². The Labute approximate surface area is 177 Å². The van der Waals surface area contributed by atoms with Crippen LogP contribution in [0.2, 0.25) is 0 Å². The number of methoxy groups -OCH3 is 1. The summed E-state index contributed by atoms with van der Waals surface area (Å²) in [6.45, 7) is 4.86. The summed E-state index contributed by atoms with van der Waals surface area (Å²) in [5.41, 5.74) is 0. The Kier molecular flexibility index (Phi) is 9.43. The number of carboxylic acid groups (broad SMARTS) is 1. The van der Waals surface area contributed by atoms with E-state index in [9.17, 15) is 9.59 Å². The highest BCUT2D eigenvalue weighted by Gasteiger charge is 2.29. The zero-order chi connectivity index (χ0) is 21.2. The molecule has 1 aromatic rings. The summed E-state index contributed by atoms with van der Waals surface area (Å²) >= 11 is 1.31. The second-order valence-electron chi connectivity index (χ2n) is 7.34. The second-order valence-corrected chi connectivity index (χ2v) is 8.51. The molecule has 1 N–H and O–H groups in total. The molecule has 2 rings (SSSR count). The molecule has 3 unspecified atom stereocenters. The highest BCUT2D eigenvalue weighted by atomic mass is 32.1. The summed E-state index contributed by atoms with van der Waals surface area (Å²) in [5, 5.41) is 9.02. The monoisotopic (exact) mass is 417 g/mol. The summed E-state index contributed by atoms with van der Waals surface area (Å²) in [4.78, 5) is 26.6. The molecular formula is C23H31NO4S. The molecular weight excluding hydrogens is 386 g/mol. The lowest BCUT2D eigenvalue weighted by molar-refractivity contribution is -0.128. The van der Waals surface area contributed by atoms with Gasteiger partial charge in [0.05, 0.1) is 12.1 Å². The van der Waals surface area contributed by atoms with Crippen LogP contribution in [0.15, 0.2) is 24.3 Å². The van der Waals surface area contributed by atoms with E-state index in [0.717, 1.165) is 37.0 Å². The van der Waals surface area contributed by atoms with Gasteiger partial charge in [-0.1, -0.05) is 26.0 Å². The van der Waals surface area contributed by atoms with Crippen LogP contribution in [0, 0.1) is 17.8 Å². The summed E-state index contributed by atoms with van der Waals surface area (Å²) < 4.78 is 5.62. The summed E-state index contributed by atoms with van der Waals surface area (Å²) in [6, 6.07) is 3.61. The number of likely N-dealkylation sites (tertiary alicyclic amines) is 1. The van der Waals surface area contributed by atoms with Crippen molar-refractivity contribution in [2.45, 2.75) is 64.5 Å². The van der Waals surface area contributed by atoms with Crippen molar-refractivity contribution in [2.75, 3.05) is 13.7 Å². The van der Waals surface area contributed by atoms with Gasteiger partial charge < -0.3 is 14.7 Å². The van der Waals surface area contributed by atoms with Crippen LogP contribution < -0.4 is 0 Å². The fourth-order valence-electron chi connectivity index (χ4n) is 3.51. The molecule has 0 spiro atoms. The third-order valence-electron chi connectivity index (χ3n) is 5.15. The lowest BCUT2D eigenvalue weighted by atomic mass is 9.99. The molecule has 0 aliphatic carbocycles. The molecule has 1 saturated heterocycles. The van der Waals surface area contributed by atoms with Gasteiger partial charge in [-0.15, -0.1) is 23.2 Å². The number of hydrogen-bond donors (Lipinski definition) is 1. The van der Waals surface area contributed by atoms with Gasteiger partial charge in [-0.25, -0.2) is 4.79 Å². The predicted octanol–water partition coefficient (Wildman–Crippen LogP) is 4.38. The maximum Gasteiger partial charge on any atom is 0.345 e. The lowest BCUT2D eigenvalue weighted by Gasteiger charge is -2.24. The minimum atomic E-state index is -0.885. The van der Waals surface area contributed by atoms with E-state index in [1.165, 1.54) is 11.3 Å². The number of carbonyl (C=O) groups is 2. The van der Waals surface area contributed by atoms with Crippen molar-refractivity contribution in [2.24, 2.45) is 5.92 Å². The normalized spacial score (nSPS) is 18.7. The van der Waals surface area contributed by atoms with Crippen molar-refractivity contribution in [3.63, 3.8) is 0 Å². The van der Waals surface area contributed by atoms with E-state index in [0.29, 0.717) is 23.8 Å². The first-order valence-electron chi connectivity index (χ1n) is 10.2. The zero-order valence-corrected chi connectivity index (χ0v) is 18.3. The molecule has 158 valence electrons. The number of nitrogens with zero attached hydrogens (tertiary/aromatic N) is 1. The first kappa shape index (κ1) is 23.2. The molecule has 1 amide bonds. The van der Waals surface area contributed by atoms with E-state index in [-0.39, 0.29) is 18.1 Å². The molecule has 1 fully saturated rings. The van der Waals surface area contributed by atoms with Crippen molar-refractivity contribution in [1.82, 2.24) is 4.90 Å². The van der Waals surface area contributed by atoms with Crippen LogP contribution in [0.25, 0.3) is 0 Å². The predicted molar refractivity (Wildman–Crippen MR) is 116 cm³/mol. The summed E-state index contributed by atoms with van der Waals surface area (Å²) in [6.07, 6.45) is 8.84. The van der Waals surface area contributed by atoms with Crippen molar-refractivity contribution in [3.05, 3.63) is 34.0 Å². The number of carbonyl (C=O) groups excluding carboxylic acids is 1. The fraction of sp³-hybridized carbons (Fsp3) is 0.565. The molecule has 1 aliphatic heterocycles. The maximum atomic E-state index is 12.3. The molecule has 3 atom stereocenters. The van der Waals surface area contributed by atoms with Gasteiger partial charge in [0.1, 0.15) is 4.88 Å². The van der Waals surface area contributed by atoms with E-state index in [1.54, 1.807) is 13.2 Å². The van der Waals surface area contributed by atoms with Gasteiger partial charge in [-0.05, 0) is 37.3 Å². The largest absolute Gasteiger partial charge is 0.477 e. The standard InChI is InChI=1S/C23H31NO4S/c1-4-5-6-8-17(2)20(28-3)13-10-18-11-15-22(25)24(18)16-7-9-19-12-14-21(29-19)23(26)27/h10,12-14,17-18,20H,4,7-9,11,15-16H2,1-3H3,(H,26,27)/b13-10+. The van der Waals surface area contributed by atoms with Gasteiger partial charge in [0.2, 0.25) is 5.91 Å². The summed E-state index contributed by atoms with van der Waals surface area (Å²) in [5.74, 6) is 5.88. The van der Waals surface area contributed by atoms with Crippen LogP contribution in [-0.4, -0.2) is 47.7 Å². The average Bonchev–Trinajstić information content (AvgIpc) is 3.30. The van der Waals surface area contributed by atoms with Crippen molar-refractivity contribution < 1.29 is 19.4 Å². The van der Waals surface area contributed by atoms with Crippen LogP contribution in [0.4, 0.5) is 0 Å². The van der Waals surface area contributed by atoms with Gasteiger partial charge >= 0.3 is 5.97 Å². The van der Waals surface area contributed by atoms with Gasteiger partial charge in [0.15, 0.2) is 0 Å². The Morgan fingerprint density at radius 3 is 2.90 bits per heavy atom. The number of carboxylic acids is 1. The topological polar surface area (TPSA) is 66.8 Å². The van der Waals surface area contributed by atoms with Gasteiger partial charge in [-0.3, -0.25) is 4.79 Å². The molecule has 0 saturated carbocycles. The quantitative estimate of drug-likeness (QED) is 0.453. The first-order valence-corrected chi connectivity index (χ1v) is 11.1. The van der Waals surface area contributed by atoms with Crippen LogP contribution in [0.1, 0.15) is 60.5 Å². The lowest BCUT2D eigenvalue weighted by Crippen LogP contribution is -2.33. The molecule has 2 heterocycles. The third kappa shape index (κ3) is 7.02. The Morgan fingerprint density at radius 2 is 2.24 bits per heavy atom. The van der Waals surface area contributed by atoms with Gasteiger partial charge in [0, 0.05) is 37.8 Å². The number of aromatic carboxylic acids is 1. The van der Waals surface area contributed by atoms with Crippen molar-refractivity contribution in [1.29, 1.82) is 0 Å². The Bertz CT molecular complexity index is 773. The highest BCUT2D eigenvalue weighted by Crippen LogP contribution is 2.23. The highest BCUT2D eigenvalue weighted by molar-refractivity contribution is 7.13. The van der Waals surface area contributed by atoms with E-state index in [2.05, 4.69) is 30.9 Å². The van der Waals surface area contributed by atoms with Crippen LogP contribution in [0.3, 0.4) is 0 Å². The molecule has 0 aromatic carbocycles. The summed E-state index contributed by atoms with van der Waals surface area (Å²) in [7, 11) is 1.71. The number of ether oxygens (including phenoxy) is 1. The van der Waals surface area contributed by atoms with Crippen LogP contribution in [-0.2, 0) is 16.0 Å². The second kappa shape index (κ2) is 11.8. The zero-order valence-electron chi connectivity index (χ0n) is 17.5. The number of amides is 1. The SMILES string of the molecule is CCC#CCC(C)C(/C=C/C1CCC(=O)N1CCCc1ccc(C(=O)O)s1)OC. The van der Waals surface area contributed by atoms with E-state index >= 15 is 0 Å². The van der Waals surface area contributed by atoms with Crippen LogP contribution in [0.5, 0.6) is 0 Å². The maximum absolute atomic E-state index is 12.3. The molecule has 29 heavy (non-hydrogen) atoms. The smallest absolute Gasteiger partial charge is 0.345 e. The molecule has 0 radical (unpaired) electrons. The first-order chi connectivity index (χ1) is 14.0. The molecule has 6 heteroatoms. The molecule has 0 bridgehead atoms. The number of aryl methyl sites for hydroxylation is 1. The fourth-order valence-corrected chi connectivity index (χ4v) is 4.40. The minimum Gasteiger partial charge on any atom is -0.477 e. The molecule has 1 aromatic heterocycles. The van der Waals surface area contributed by atoms with E-state index in [1.807, 2.05) is 17.9 Å². The minimum absolute atomic E-state index is 0.0146. The van der Waals surface area contributed by atoms with Gasteiger partial charge in [0.25, 0.3) is 0 Å². The molecule has 5 nitrogen and oxygen atoms in total. The van der Waals surface area contributed by atoms with Gasteiger partial charge in [-0.2, -0.15) is 0 Å². The molecule has 1 aliphatic rings. The van der Waals surface area contributed by atoms with Crippen molar-refractivity contribution in [3.8, 4) is 11.8 Å². The van der Waals surface area contributed by atoms with E-state index in [4.69, 9.17) is 9.84 Å². The number of rotatable bonds is 10.